The minimum absolute atomic E-state index is 0.00842. The van der Waals surface area contributed by atoms with Crippen molar-refractivity contribution in [3.8, 4) is 5.75 Å². The number of carbonyl (C=O) groups is 1. The van der Waals surface area contributed by atoms with E-state index in [2.05, 4.69) is 19.2 Å². The summed E-state index contributed by atoms with van der Waals surface area (Å²) in [5, 5.41) is 3.36. The van der Waals surface area contributed by atoms with Crippen LogP contribution < -0.4 is 10.1 Å². The fraction of sp³-hybridized carbons (Fsp3) is 0.562. The molecule has 1 N–H and O–H groups in total. The van der Waals surface area contributed by atoms with Gasteiger partial charge < -0.3 is 15.0 Å². The second kappa shape index (κ2) is 7.90. The van der Waals surface area contributed by atoms with Crippen LogP contribution in [0.25, 0.3) is 0 Å². The molecule has 0 spiro atoms. The highest BCUT2D eigenvalue weighted by Crippen LogP contribution is 2.24. The zero-order valence-electron chi connectivity index (χ0n) is 13.1. The normalized spacial score (nSPS) is 12.3. The molecule has 0 aromatic heterocycles. The van der Waals surface area contributed by atoms with E-state index in [1.807, 2.05) is 38.1 Å². The van der Waals surface area contributed by atoms with Gasteiger partial charge in [0.25, 0.3) is 5.91 Å². The molecule has 0 aliphatic rings. The molecule has 4 nitrogen and oxygen atoms in total. The number of para-hydroxylation sites is 1. The third-order valence-corrected chi connectivity index (χ3v) is 3.41. The van der Waals surface area contributed by atoms with Gasteiger partial charge in [0.2, 0.25) is 0 Å². The first-order valence-corrected chi connectivity index (χ1v) is 7.18. The molecule has 1 unspecified atom stereocenters. The Hall–Kier alpha value is -1.55. The number of ether oxygens (including phenoxy) is 1. The maximum absolute atomic E-state index is 11.9. The van der Waals surface area contributed by atoms with Crippen LogP contribution in [-0.2, 0) is 4.79 Å². The Balaban J connectivity index is 2.71. The van der Waals surface area contributed by atoms with Gasteiger partial charge in [-0.3, -0.25) is 4.79 Å². The van der Waals surface area contributed by atoms with Gasteiger partial charge in [0.1, 0.15) is 5.75 Å². The molecular weight excluding hydrogens is 252 g/mol. The molecule has 1 aromatic rings. The Morgan fingerprint density at radius 3 is 2.55 bits per heavy atom. The van der Waals surface area contributed by atoms with Gasteiger partial charge in [-0.05, 0) is 33.4 Å². The molecule has 0 saturated heterocycles. The number of nitrogens with zero attached hydrogens (tertiary/aromatic N) is 1. The number of hydrogen-bond acceptors (Lipinski definition) is 3. The van der Waals surface area contributed by atoms with E-state index in [1.54, 1.807) is 11.9 Å². The molecule has 112 valence electrons. The smallest absolute Gasteiger partial charge is 0.260 e. The van der Waals surface area contributed by atoms with Crippen LogP contribution >= 0.6 is 0 Å². The average Bonchev–Trinajstić information content (AvgIpc) is 2.44. The Bertz CT molecular complexity index is 432. The number of carbonyl (C=O) groups excluding carboxylic acids is 1. The van der Waals surface area contributed by atoms with Gasteiger partial charge in [0.05, 0.1) is 0 Å². The zero-order valence-corrected chi connectivity index (χ0v) is 13.1. The van der Waals surface area contributed by atoms with Gasteiger partial charge in [-0.15, -0.1) is 0 Å². The molecule has 4 heteroatoms. The molecule has 0 bridgehead atoms. The van der Waals surface area contributed by atoms with Gasteiger partial charge in [-0.2, -0.15) is 0 Å². The zero-order chi connectivity index (χ0) is 15.1. The lowest BCUT2D eigenvalue weighted by molar-refractivity contribution is -0.133. The maximum Gasteiger partial charge on any atom is 0.260 e. The van der Waals surface area contributed by atoms with E-state index in [4.69, 9.17) is 4.74 Å². The fourth-order valence-electron chi connectivity index (χ4n) is 1.92. The minimum atomic E-state index is -0.00842. The molecule has 0 heterocycles. The molecule has 0 aliphatic heterocycles. The molecule has 0 radical (unpaired) electrons. The van der Waals surface area contributed by atoms with Gasteiger partial charge in [0.15, 0.2) is 6.61 Å². The first-order chi connectivity index (χ1) is 9.47. The van der Waals surface area contributed by atoms with Crippen LogP contribution in [-0.4, -0.2) is 37.0 Å². The average molecular weight is 278 g/mol. The van der Waals surface area contributed by atoms with Crippen LogP contribution in [0, 0.1) is 0 Å². The summed E-state index contributed by atoms with van der Waals surface area (Å²) in [5.41, 5.74) is 1.08. The summed E-state index contributed by atoms with van der Waals surface area (Å²) in [4.78, 5) is 13.6. The number of amides is 1. The van der Waals surface area contributed by atoms with Crippen molar-refractivity contribution in [3.05, 3.63) is 29.8 Å². The predicted octanol–water partition coefficient (Wildman–Crippen LogP) is 2.60. The number of benzene rings is 1. The van der Waals surface area contributed by atoms with Crippen molar-refractivity contribution in [1.82, 2.24) is 10.2 Å². The van der Waals surface area contributed by atoms with Crippen molar-refractivity contribution in [3.63, 3.8) is 0 Å². The summed E-state index contributed by atoms with van der Waals surface area (Å²) >= 11 is 0. The summed E-state index contributed by atoms with van der Waals surface area (Å²) in [6.07, 6.45) is 0. The monoisotopic (exact) mass is 278 g/mol. The molecular formula is C16H26N2O2. The Kier molecular flexibility index (Phi) is 6.52. The van der Waals surface area contributed by atoms with Crippen molar-refractivity contribution < 1.29 is 9.53 Å². The first-order valence-electron chi connectivity index (χ1n) is 7.18. The van der Waals surface area contributed by atoms with Gasteiger partial charge in [-0.25, -0.2) is 0 Å². The molecule has 1 atom stereocenters. The number of hydrogen-bond donors (Lipinski definition) is 1. The van der Waals surface area contributed by atoms with E-state index in [1.165, 1.54) is 0 Å². The lowest BCUT2D eigenvalue weighted by Gasteiger charge is -2.22. The molecule has 0 saturated carbocycles. The highest BCUT2D eigenvalue weighted by Gasteiger charge is 2.15. The van der Waals surface area contributed by atoms with Crippen molar-refractivity contribution in [2.24, 2.45) is 0 Å². The minimum Gasteiger partial charge on any atom is -0.483 e. The summed E-state index contributed by atoms with van der Waals surface area (Å²) in [6, 6.07) is 8.23. The predicted molar refractivity (Wildman–Crippen MR) is 81.9 cm³/mol. The third-order valence-electron chi connectivity index (χ3n) is 3.41. The summed E-state index contributed by atoms with van der Waals surface area (Å²) in [6.45, 7) is 9.10. The van der Waals surface area contributed by atoms with E-state index in [0.717, 1.165) is 17.9 Å². The van der Waals surface area contributed by atoms with E-state index in [9.17, 15) is 4.79 Å². The molecule has 1 rings (SSSR count). The number of likely N-dealkylation sites (N-methyl/N-ethyl adjacent to an activating group) is 1. The second-order valence-corrected chi connectivity index (χ2v) is 5.20. The Morgan fingerprint density at radius 1 is 1.30 bits per heavy atom. The lowest BCUT2D eigenvalue weighted by atomic mass is 10.1. The second-order valence-electron chi connectivity index (χ2n) is 5.20. The highest BCUT2D eigenvalue weighted by atomic mass is 16.5. The van der Waals surface area contributed by atoms with E-state index in [-0.39, 0.29) is 24.6 Å². The van der Waals surface area contributed by atoms with Crippen molar-refractivity contribution in [2.45, 2.75) is 39.8 Å². The van der Waals surface area contributed by atoms with Gasteiger partial charge >= 0.3 is 0 Å². The molecule has 0 aliphatic carbocycles. The summed E-state index contributed by atoms with van der Waals surface area (Å²) in [7, 11) is 1.80. The Morgan fingerprint density at radius 2 is 1.95 bits per heavy atom. The highest BCUT2D eigenvalue weighted by molar-refractivity contribution is 5.77. The van der Waals surface area contributed by atoms with Crippen molar-refractivity contribution in [1.29, 1.82) is 0 Å². The van der Waals surface area contributed by atoms with Crippen LogP contribution in [0.3, 0.4) is 0 Å². The largest absolute Gasteiger partial charge is 0.483 e. The van der Waals surface area contributed by atoms with Crippen molar-refractivity contribution in [2.75, 3.05) is 20.2 Å². The third kappa shape index (κ3) is 4.53. The maximum atomic E-state index is 11.9. The standard InChI is InChI=1S/C16H26N2O2/c1-6-17-13(4)14-9-7-8-10-15(14)20-11-16(19)18(5)12(2)3/h7-10,12-13,17H,6,11H2,1-5H3. The van der Waals surface area contributed by atoms with Crippen LogP contribution in [0.2, 0.25) is 0 Å². The van der Waals surface area contributed by atoms with Crippen LogP contribution in [0.1, 0.15) is 39.3 Å². The molecule has 1 aromatic carbocycles. The first kappa shape index (κ1) is 16.5. The molecule has 1 amide bonds. The number of rotatable bonds is 7. The lowest BCUT2D eigenvalue weighted by Crippen LogP contribution is -2.36. The molecule has 0 fully saturated rings. The van der Waals surface area contributed by atoms with Gasteiger partial charge in [-0.1, -0.05) is 25.1 Å². The van der Waals surface area contributed by atoms with Crippen LogP contribution in [0.5, 0.6) is 5.75 Å². The van der Waals surface area contributed by atoms with E-state index >= 15 is 0 Å². The molecule has 20 heavy (non-hydrogen) atoms. The topological polar surface area (TPSA) is 41.6 Å². The van der Waals surface area contributed by atoms with Crippen LogP contribution in [0.15, 0.2) is 24.3 Å². The number of nitrogens with one attached hydrogen (secondary N) is 1. The van der Waals surface area contributed by atoms with Crippen LogP contribution in [0.4, 0.5) is 0 Å². The van der Waals surface area contributed by atoms with E-state index < -0.39 is 0 Å². The fourth-order valence-corrected chi connectivity index (χ4v) is 1.92. The summed E-state index contributed by atoms with van der Waals surface area (Å²) in [5.74, 6) is 0.761. The SMILES string of the molecule is CCNC(C)c1ccccc1OCC(=O)N(C)C(C)C. The van der Waals surface area contributed by atoms with Crippen molar-refractivity contribution >= 4 is 5.91 Å². The van der Waals surface area contributed by atoms with Gasteiger partial charge in [0, 0.05) is 24.7 Å². The Labute approximate surface area is 122 Å². The van der Waals surface area contributed by atoms with E-state index in [0.29, 0.717) is 0 Å². The summed E-state index contributed by atoms with van der Waals surface area (Å²) < 4.78 is 5.71. The quantitative estimate of drug-likeness (QED) is 0.833.